The molecule has 0 saturated heterocycles. The van der Waals surface area contributed by atoms with Gasteiger partial charge in [-0.3, -0.25) is 0 Å². The second kappa shape index (κ2) is 6.33. The maximum Gasteiger partial charge on any atom is 0.242 e. The molecule has 7 heteroatoms. The van der Waals surface area contributed by atoms with Gasteiger partial charge < -0.3 is 15.8 Å². The molecule has 0 unspecified atom stereocenters. The Labute approximate surface area is 116 Å². The average molecular weight is 279 g/mol. The fraction of sp³-hybridized carbons (Fsp3) is 0.417. The fourth-order valence-electron chi connectivity index (χ4n) is 1.48. The summed E-state index contributed by atoms with van der Waals surface area (Å²) in [4.78, 5) is 13.6. The van der Waals surface area contributed by atoms with E-state index >= 15 is 0 Å². The zero-order chi connectivity index (χ0) is 13.7. The van der Waals surface area contributed by atoms with Crippen molar-refractivity contribution in [3.8, 4) is 5.88 Å². The number of nitrogens with two attached hydrogens (primary N) is 1. The van der Waals surface area contributed by atoms with Crippen LogP contribution in [0.5, 0.6) is 5.88 Å². The summed E-state index contributed by atoms with van der Waals surface area (Å²) in [5.74, 6) is 1.00. The zero-order valence-electron chi connectivity index (χ0n) is 11.0. The number of hydrogen-bond acceptors (Lipinski definition) is 7. The van der Waals surface area contributed by atoms with E-state index in [0.717, 1.165) is 11.4 Å². The van der Waals surface area contributed by atoms with Crippen molar-refractivity contribution in [2.45, 2.75) is 26.8 Å². The number of aromatic nitrogens is 3. The highest BCUT2D eigenvalue weighted by Gasteiger charge is 2.09. The highest BCUT2D eigenvalue weighted by molar-refractivity contribution is 7.11. The normalized spacial score (nSPS) is 10.4. The molecule has 0 amide bonds. The van der Waals surface area contributed by atoms with E-state index in [0.29, 0.717) is 30.5 Å². The minimum Gasteiger partial charge on any atom is -0.476 e. The van der Waals surface area contributed by atoms with Gasteiger partial charge in [-0.25, -0.2) is 9.97 Å². The first-order valence-corrected chi connectivity index (χ1v) is 6.90. The molecule has 0 aliphatic heterocycles. The molecule has 0 atom stereocenters. The van der Waals surface area contributed by atoms with Gasteiger partial charge >= 0.3 is 0 Å². The number of nitrogens with zero attached hydrogens (tertiary/aromatic N) is 3. The predicted molar refractivity (Wildman–Crippen MR) is 76.4 cm³/mol. The second-order valence-corrected chi connectivity index (χ2v) is 5.33. The molecule has 2 aromatic rings. The monoisotopic (exact) mass is 279 g/mol. The molecule has 0 saturated carbocycles. The standard InChI is InChI=1S/C12H17N5OS/c1-3-4-18-12-10(13)11(16-7-17-12)15-6-9-14-5-8(2)19-9/h5,7H,3-4,6,13H2,1-2H3,(H,15,16,17). The van der Waals surface area contributed by atoms with Crippen molar-refractivity contribution in [3.05, 3.63) is 22.4 Å². The number of hydrogen-bond donors (Lipinski definition) is 2. The summed E-state index contributed by atoms with van der Waals surface area (Å²) in [6.45, 7) is 5.23. The lowest BCUT2D eigenvalue weighted by molar-refractivity contribution is 0.306. The van der Waals surface area contributed by atoms with E-state index in [2.05, 4.69) is 20.3 Å². The summed E-state index contributed by atoms with van der Waals surface area (Å²) < 4.78 is 5.45. The minimum atomic E-state index is 0.426. The number of ether oxygens (including phenoxy) is 1. The van der Waals surface area contributed by atoms with Crippen LogP contribution >= 0.6 is 11.3 Å². The maximum absolute atomic E-state index is 5.96. The number of thiazole rings is 1. The van der Waals surface area contributed by atoms with Crippen LogP contribution < -0.4 is 15.8 Å². The summed E-state index contributed by atoms with van der Waals surface area (Å²) in [7, 11) is 0. The van der Waals surface area contributed by atoms with E-state index in [1.807, 2.05) is 20.0 Å². The van der Waals surface area contributed by atoms with Gasteiger partial charge in [-0.1, -0.05) is 6.92 Å². The van der Waals surface area contributed by atoms with Gasteiger partial charge in [0, 0.05) is 11.1 Å². The van der Waals surface area contributed by atoms with Crippen molar-refractivity contribution >= 4 is 22.8 Å². The molecule has 0 radical (unpaired) electrons. The molecule has 6 nitrogen and oxygen atoms in total. The first kappa shape index (κ1) is 13.5. The molecule has 19 heavy (non-hydrogen) atoms. The van der Waals surface area contributed by atoms with Crippen LogP contribution in [0.3, 0.4) is 0 Å². The van der Waals surface area contributed by atoms with Crippen LogP contribution in [0.2, 0.25) is 0 Å². The lowest BCUT2D eigenvalue weighted by Crippen LogP contribution is -2.08. The van der Waals surface area contributed by atoms with E-state index < -0.39 is 0 Å². The van der Waals surface area contributed by atoms with Crippen molar-refractivity contribution in [2.24, 2.45) is 0 Å². The zero-order valence-corrected chi connectivity index (χ0v) is 11.8. The summed E-state index contributed by atoms with van der Waals surface area (Å²) >= 11 is 1.64. The summed E-state index contributed by atoms with van der Waals surface area (Å²) in [5, 5.41) is 4.14. The SMILES string of the molecule is CCCOc1ncnc(NCc2ncc(C)s2)c1N. The van der Waals surface area contributed by atoms with Crippen LogP contribution in [0, 0.1) is 6.92 Å². The van der Waals surface area contributed by atoms with E-state index in [4.69, 9.17) is 10.5 Å². The highest BCUT2D eigenvalue weighted by atomic mass is 32.1. The fourth-order valence-corrected chi connectivity index (χ4v) is 2.20. The van der Waals surface area contributed by atoms with Crippen molar-refractivity contribution < 1.29 is 4.74 Å². The Bertz CT molecular complexity index is 543. The highest BCUT2D eigenvalue weighted by Crippen LogP contribution is 2.25. The van der Waals surface area contributed by atoms with Gasteiger partial charge in [0.15, 0.2) is 5.82 Å². The van der Waals surface area contributed by atoms with Crippen LogP contribution in [0.25, 0.3) is 0 Å². The molecule has 0 spiro atoms. The average Bonchev–Trinajstić information content (AvgIpc) is 2.82. The summed E-state index contributed by atoms with van der Waals surface area (Å²) in [6.07, 6.45) is 4.20. The number of rotatable bonds is 6. The minimum absolute atomic E-state index is 0.426. The van der Waals surface area contributed by atoms with Crippen molar-refractivity contribution in [1.82, 2.24) is 15.0 Å². The maximum atomic E-state index is 5.96. The van der Waals surface area contributed by atoms with E-state index in [9.17, 15) is 0 Å². The van der Waals surface area contributed by atoms with Crippen molar-refractivity contribution in [2.75, 3.05) is 17.7 Å². The Morgan fingerprint density at radius 3 is 2.89 bits per heavy atom. The number of nitrogens with one attached hydrogen (secondary N) is 1. The lowest BCUT2D eigenvalue weighted by Gasteiger charge is -2.10. The molecule has 2 aromatic heterocycles. The van der Waals surface area contributed by atoms with Crippen molar-refractivity contribution in [1.29, 1.82) is 0 Å². The number of anilines is 2. The van der Waals surface area contributed by atoms with Crippen LogP contribution in [0.4, 0.5) is 11.5 Å². The Hall–Kier alpha value is -1.89. The Kier molecular flexibility index (Phi) is 4.51. The topological polar surface area (TPSA) is 86.0 Å². The molecule has 0 aromatic carbocycles. The quantitative estimate of drug-likeness (QED) is 0.843. The van der Waals surface area contributed by atoms with Gasteiger partial charge in [-0.15, -0.1) is 11.3 Å². The van der Waals surface area contributed by atoms with E-state index in [1.54, 1.807) is 11.3 Å². The largest absolute Gasteiger partial charge is 0.476 e. The molecule has 0 fully saturated rings. The predicted octanol–water partition coefficient (Wildman–Crippen LogP) is 2.22. The summed E-state index contributed by atoms with van der Waals surface area (Å²) in [5.41, 5.74) is 6.40. The first-order chi connectivity index (χ1) is 9.20. The van der Waals surface area contributed by atoms with Crippen molar-refractivity contribution in [3.63, 3.8) is 0 Å². The molecule has 0 aliphatic carbocycles. The molecule has 0 aliphatic rings. The second-order valence-electron chi connectivity index (χ2n) is 4.01. The third-order valence-corrected chi connectivity index (χ3v) is 3.28. The number of aryl methyl sites for hydroxylation is 1. The molecule has 2 rings (SSSR count). The van der Waals surface area contributed by atoms with Crippen LogP contribution in [0.1, 0.15) is 23.2 Å². The van der Waals surface area contributed by atoms with E-state index in [1.165, 1.54) is 11.2 Å². The first-order valence-electron chi connectivity index (χ1n) is 6.09. The Morgan fingerprint density at radius 1 is 1.37 bits per heavy atom. The van der Waals surface area contributed by atoms with Gasteiger partial charge in [-0.05, 0) is 13.3 Å². The van der Waals surface area contributed by atoms with Gasteiger partial charge in [-0.2, -0.15) is 4.98 Å². The lowest BCUT2D eigenvalue weighted by atomic mass is 10.4. The Morgan fingerprint density at radius 2 is 2.21 bits per heavy atom. The van der Waals surface area contributed by atoms with Gasteiger partial charge in [0.25, 0.3) is 0 Å². The van der Waals surface area contributed by atoms with Crippen LogP contribution in [0.15, 0.2) is 12.5 Å². The van der Waals surface area contributed by atoms with Gasteiger partial charge in [0.05, 0.1) is 13.2 Å². The number of nitrogen functional groups attached to an aromatic ring is 1. The smallest absolute Gasteiger partial charge is 0.242 e. The molecular formula is C12H17N5OS. The molecule has 2 heterocycles. The van der Waals surface area contributed by atoms with Crippen LogP contribution in [-0.4, -0.2) is 21.6 Å². The summed E-state index contributed by atoms with van der Waals surface area (Å²) in [6, 6.07) is 0. The third kappa shape index (κ3) is 3.54. The molecular weight excluding hydrogens is 262 g/mol. The van der Waals surface area contributed by atoms with Crippen LogP contribution in [-0.2, 0) is 6.54 Å². The third-order valence-electron chi connectivity index (χ3n) is 2.37. The molecule has 3 N–H and O–H groups in total. The Balaban J connectivity index is 2.03. The molecule has 102 valence electrons. The molecule has 0 bridgehead atoms. The van der Waals surface area contributed by atoms with Gasteiger partial charge in [0.1, 0.15) is 17.0 Å². The van der Waals surface area contributed by atoms with Gasteiger partial charge in [0.2, 0.25) is 5.88 Å². The van der Waals surface area contributed by atoms with E-state index in [-0.39, 0.29) is 0 Å².